The van der Waals surface area contributed by atoms with Gasteiger partial charge in [-0.3, -0.25) is 4.79 Å². The van der Waals surface area contributed by atoms with Crippen molar-refractivity contribution in [2.75, 3.05) is 0 Å². The van der Waals surface area contributed by atoms with Gasteiger partial charge in [0.1, 0.15) is 0 Å². The van der Waals surface area contributed by atoms with Gasteiger partial charge in [-0.15, -0.1) is 0 Å². The van der Waals surface area contributed by atoms with E-state index in [0.29, 0.717) is 5.56 Å². The van der Waals surface area contributed by atoms with Crippen LogP contribution in [0.2, 0.25) is 5.02 Å². The van der Waals surface area contributed by atoms with Gasteiger partial charge in [-0.1, -0.05) is 25.4 Å². The van der Waals surface area contributed by atoms with E-state index < -0.39 is 9.05 Å². The number of hydrogen-bond acceptors (Lipinski definition) is 3. The molecule has 0 atom stereocenters. The number of halogens is 2. The first-order valence-corrected chi connectivity index (χ1v) is 9.30. The van der Waals surface area contributed by atoms with E-state index in [1.165, 1.54) is 12.1 Å². The van der Waals surface area contributed by atoms with Gasteiger partial charge >= 0.3 is 0 Å². The standard InChI is InChI=1S/C14H19Cl2NO3S/c1-5-14(4,6-2)17-13(18)10-7-11(15)9(3)12(8-10)21(16,19)20/h7-8H,5-6H2,1-4H3,(H,17,18). The third-order valence-electron chi connectivity index (χ3n) is 3.80. The van der Waals surface area contributed by atoms with Crippen LogP contribution in [0.3, 0.4) is 0 Å². The molecule has 7 heteroatoms. The first-order chi connectivity index (χ1) is 9.54. The quantitative estimate of drug-likeness (QED) is 0.818. The summed E-state index contributed by atoms with van der Waals surface area (Å²) in [7, 11) is 1.42. The van der Waals surface area contributed by atoms with E-state index in [2.05, 4.69) is 5.32 Å². The molecule has 1 aromatic carbocycles. The van der Waals surface area contributed by atoms with Gasteiger partial charge < -0.3 is 5.32 Å². The molecule has 1 aromatic rings. The highest BCUT2D eigenvalue weighted by Crippen LogP contribution is 2.28. The average molecular weight is 352 g/mol. The van der Waals surface area contributed by atoms with Crippen molar-refractivity contribution in [1.82, 2.24) is 5.32 Å². The molecule has 0 radical (unpaired) electrons. The Labute approximate surface area is 135 Å². The summed E-state index contributed by atoms with van der Waals surface area (Å²) in [6.45, 7) is 7.42. The number of amides is 1. The summed E-state index contributed by atoms with van der Waals surface area (Å²) < 4.78 is 23.1. The summed E-state index contributed by atoms with van der Waals surface area (Å²) in [4.78, 5) is 12.2. The molecule has 1 N–H and O–H groups in total. The van der Waals surface area contributed by atoms with E-state index >= 15 is 0 Å². The number of nitrogens with one attached hydrogen (secondary N) is 1. The van der Waals surface area contributed by atoms with Crippen LogP contribution in [0, 0.1) is 6.92 Å². The van der Waals surface area contributed by atoms with Gasteiger partial charge in [-0.25, -0.2) is 8.42 Å². The molecular formula is C14H19Cl2NO3S. The summed E-state index contributed by atoms with van der Waals surface area (Å²) in [5.74, 6) is -0.371. The van der Waals surface area contributed by atoms with Crippen LogP contribution in [0.25, 0.3) is 0 Å². The van der Waals surface area contributed by atoms with Crippen LogP contribution in [-0.4, -0.2) is 19.9 Å². The molecule has 1 amide bonds. The monoisotopic (exact) mass is 351 g/mol. The second-order valence-corrected chi connectivity index (χ2v) is 8.18. The topological polar surface area (TPSA) is 63.2 Å². The van der Waals surface area contributed by atoms with Crippen LogP contribution in [0.5, 0.6) is 0 Å². The molecule has 0 spiro atoms. The molecule has 4 nitrogen and oxygen atoms in total. The first kappa shape index (κ1) is 18.3. The van der Waals surface area contributed by atoms with Crippen molar-refractivity contribution < 1.29 is 13.2 Å². The molecule has 0 saturated carbocycles. The van der Waals surface area contributed by atoms with E-state index in [0.717, 1.165) is 12.8 Å². The SMILES string of the molecule is CCC(C)(CC)NC(=O)c1cc(Cl)c(C)c(S(=O)(=O)Cl)c1. The van der Waals surface area contributed by atoms with Gasteiger partial charge in [0.25, 0.3) is 15.0 Å². The summed E-state index contributed by atoms with van der Waals surface area (Å²) >= 11 is 6.01. The van der Waals surface area contributed by atoms with E-state index in [9.17, 15) is 13.2 Å². The molecule has 0 aromatic heterocycles. The molecule has 0 fully saturated rings. The Morgan fingerprint density at radius 3 is 2.24 bits per heavy atom. The van der Waals surface area contributed by atoms with Crippen LogP contribution < -0.4 is 5.32 Å². The minimum absolute atomic E-state index is 0.142. The zero-order valence-corrected chi connectivity index (χ0v) is 14.8. The lowest BCUT2D eigenvalue weighted by Crippen LogP contribution is -2.45. The molecule has 0 saturated heterocycles. The predicted octanol–water partition coefficient (Wildman–Crippen LogP) is 3.88. The Bertz CT molecular complexity index is 652. The van der Waals surface area contributed by atoms with Crippen LogP contribution in [0.15, 0.2) is 17.0 Å². The smallest absolute Gasteiger partial charge is 0.261 e. The highest BCUT2D eigenvalue weighted by atomic mass is 35.7. The largest absolute Gasteiger partial charge is 0.347 e. The zero-order chi connectivity index (χ0) is 16.4. The molecule has 0 heterocycles. The molecule has 118 valence electrons. The highest BCUT2D eigenvalue weighted by molar-refractivity contribution is 8.13. The number of hydrogen-bond donors (Lipinski definition) is 1. The predicted molar refractivity (Wildman–Crippen MR) is 85.7 cm³/mol. The fourth-order valence-corrected chi connectivity index (χ4v) is 3.31. The van der Waals surface area contributed by atoms with E-state index in [-0.39, 0.29) is 26.9 Å². The van der Waals surface area contributed by atoms with Crippen molar-refractivity contribution in [2.45, 2.75) is 51.0 Å². The lowest BCUT2D eigenvalue weighted by molar-refractivity contribution is 0.0901. The van der Waals surface area contributed by atoms with Crippen molar-refractivity contribution in [3.8, 4) is 0 Å². The Hall–Kier alpha value is -0.780. The molecule has 21 heavy (non-hydrogen) atoms. The third-order valence-corrected chi connectivity index (χ3v) is 5.64. The van der Waals surface area contributed by atoms with Crippen LogP contribution in [0.4, 0.5) is 0 Å². The molecule has 1 rings (SSSR count). The van der Waals surface area contributed by atoms with Crippen LogP contribution >= 0.6 is 22.3 Å². The Morgan fingerprint density at radius 1 is 1.29 bits per heavy atom. The lowest BCUT2D eigenvalue weighted by Gasteiger charge is -2.28. The normalized spacial score (nSPS) is 12.3. The average Bonchev–Trinajstić information content (AvgIpc) is 2.40. The van der Waals surface area contributed by atoms with Crippen LogP contribution in [-0.2, 0) is 9.05 Å². The maximum atomic E-state index is 12.3. The second-order valence-electron chi connectivity index (χ2n) is 5.24. The minimum atomic E-state index is -3.96. The molecule has 0 aliphatic heterocycles. The summed E-state index contributed by atoms with van der Waals surface area (Å²) in [5.41, 5.74) is 0.156. The Kier molecular flexibility index (Phi) is 5.69. The molecule has 0 bridgehead atoms. The van der Waals surface area contributed by atoms with Crippen molar-refractivity contribution in [1.29, 1.82) is 0 Å². The highest BCUT2D eigenvalue weighted by Gasteiger charge is 2.25. The second kappa shape index (κ2) is 6.55. The van der Waals surface area contributed by atoms with E-state index in [1.807, 2.05) is 20.8 Å². The van der Waals surface area contributed by atoms with Crippen molar-refractivity contribution in [3.05, 3.63) is 28.3 Å². The summed E-state index contributed by atoms with van der Waals surface area (Å²) in [6.07, 6.45) is 1.52. The first-order valence-electron chi connectivity index (χ1n) is 6.61. The summed E-state index contributed by atoms with van der Waals surface area (Å²) in [5, 5.41) is 3.09. The molecular weight excluding hydrogens is 333 g/mol. The third kappa shape index (κ3) is 4.34. The van der Waals surface area contributed by atoms with E-state index in [1.54, 1.807) is 6.92 Å². The van der Waals surface area contributed by atoms with Gasteiger partial charge in [0.2, 0.25) is 0 Å². The molecule has 0 unspecified atom stereocenters. The van der Waals surface area contributed by atoms with Gasteiger partial charge in [-0.2, -0.15) is 0 Å². The van der Waals surface area contributed by atoms with Crippen LogP contribution in [0.1, 0.15) is 49.5 Å². The summed E-state index contributed by atoms with van der Waals surface area (Å²) in [6, 6.07) is 2.70. The number of carbonyl (C=O) groups excluding carboxylic acids is 1. The van der Waals surface area contributed by atoms with Crippen molar-refractivity contribution in [3.63, 3.8) is 0 Å². The Balaban J connectivity index is 3.27. The van der Waals surface area contributed by atoms with Gasteiger partial charge in [0.05, 0.1) is 4.90 Å². The zero-order valence-electron chi connectivity index (χ0n) is 12.5. The van der Waals surface area contributed by atoms with Gasteiger partial charge in [0, 0.05) is 26.8 Å². The lowest BCUT2D eigenvalue weighted by atomic mass is 9.95. The maximum absolute atomic E-state index is 12.3. The fourth-order valence-electron chi connectivity index (χ4n) is 1.81. The molecule has 0 aliphatic rings. The van der Waals surface area contributed by atoms with Crippen molar-refractivity contribution in [2.24, 2.45) is 0 Å². The van der Waals surface area contributed by atoms with Gasteiger partial charge in [-0.05, 0) is 44.4 Å². The van der Waals surface area contributed by atoms with E-state index in [4.69, 9.17) is 22.3 Å². The maximum Gasteiger partial charge on any atom is 0.261 e. The Morgan fingerprint density at radius 2 is 1.81 bits per heavy atom. The number of carbonyl (C=O) groups is 1. The molecule has 0 aliphatic carbocycles. The van der Waals surface area contributed by atoms with Crippen molar-refractivity contribution >= 4 is 37.2 Å². The number of benzene rings is 1. The minimum Gasteiger partial charge on any atom is -0.347 e. The fraction of sp³-hybridized carbons (Fsp3) is 0.500. The number of rotatable bonds is 5. The van der Waals surface area contributed by atoms with Gasteiger partial charge in [0.15, 0.2) is 0 Å².